The van der Waals surface area contributed by atoms with E-state index in [1.165, 1.54) is 12.8 Å². The van der Waals surface area contributed by atoms with Crippen molar-refractivity contribution in [3.05, 3.63) is 0 Å². The molecule has 2 rings (SSSR count). The van der Waals surface area contributed by atoms with Gasteiger partial charge in [0.15, 0.2) is 0 Å². The Morgan fingerprint density at radius 2 is 2.25 bits per heavy atom. The predicted octanol–water partition coefficient (Wildman–Crippen LogP) is 1.36. The molecule has 4 heteroatoms. The first-order valence-corrected chi connectivity index (χ1v) is 6.23. The number of hydrogen-bond acceptors (Lipinski definition) is 3. The summed E-state index contributed by atoms with van der Waals surface area (Å²) >= 11 is 0. The van der Waals surface area contributed by atoms with Gasteiger partial charge >= 0.3 is 0 Å². The average Bonchev–Trinajstić information content (AvgIpc) is 3.05. The van der Waals surface area contributed by atoms with Crippen LogP contribution >= 0.6 is 0 Å². The first-order chi connectivity index (χ1) is 7.65. The number of hydrazone groups is 1. The Kier molecular flexibility index (Phi) is 3.28. The van der Waals surface area contributed by atoms with Gasteiger partial charge in [0.05, 0.1) is 12.0 Å². The van der Waals surface area contributed by atoms with E-state index in [9.17, 15) is 4.79 Å². The lowest BCUT2D eigenvalue weighted by Gasteiger charge is -2.21. The van der Waals surface area contributed by atoms with E-state index in [0.29, 0.717) is 12.5 Å². The van der Waals surface area contributed by atoms with E-state index in [2.05, 4.69) is 12.0 Å². The Hall–Kier alpha value is -0.900. The Labute approximate surface area is 96.9 Å². The fraction of sp³-hybridized carbons (Fsp3) is 0.833. The Balaban J connectivity index is 1.99. The molecule has 0 saturated heterocycles. The smallest absolute Gasteiger partial charge is 0.251 e. The molecule has 1 fully saturated rings. The zero-order valence-electron chi connectivity index (χ0n) is 10.1. The standard InChI is InChI=1S/C12H21N3O/c1-8-11(4-3-7-13)12(16)15(14-8)9(2)10-5-6-10/h9-11H,3-7,13H2,1-2H3. The molecule has 1 aliphatic heterocycles. The van der Waals surface area contributed by atoms with Crippen LogP contribution in [0.15, 0.2) is 5.10 Å². The molecule has 16 heavy (non-hydrogen) atoms. The van der Waals surface area contributed by atoms with E-state index in [1.807, 2.05) is 6.92 Å². The molecule has 2 N–H and O–H groups in total. The number of hydrogen-bond donors (Lipinski definition) is 1. The molecule has 2 aliphatic rings. The molecule has 0 bridgehead atoms. The minimum Gasteiger partial charge on any atom is -0.330 e. The van der Waals surface area contributed by atoms with Gasteiger partial charge in [-0.15, -0.1) is 0 Å². The van der Waals surface area contributed by atoms with Crippen molar-refractivity contribution in [1.82, 2.24) is 5.01 Å². The van der Waals surface area contributed by atoms with Crippen LogP contribution in [0.3, 0.4) is 0 Å². The monoisotopic (exact) mass is 223 g/mol. The molecule has 2 unspecified atom stereocenters. The van der Waals surface area contributed by atoms with Gasteiger partial charge in [-0.1, -0.05) is 0 Å². The van der Waals surface area contributed by atoms with Gasteiger partial charge in [0.1, 0.15) is 0 Å². The van der Waals surface area contributed by atoms with E-state index < -0.39 is 0 Å². The third kappa shape index (κ3) is 2.12. The Morgan fingerprint density at radius 1 is 1.56 bits per heavy atom. The molecule has 0 aromatic carbocycles. The van der Waals surface area contributed by atoms with Crippen LogP contribution in [0.2, 0.25) is 0 Å². The lowest BCUT2D eigenvalue weighted by molar-refractivity contribution is -0.134. The summed E-state index contributed by atoms with van der Waals surface area (Å²) in [6.07, 6.45) is 4.23. The van der Waals surface area contributed by atoms with Crippen LogP contribution in [-0.2, 0) is 4.79 Å². The molecule has 1 saturated carbocycles. The zero-order chi connectivity index (χ0) is 11.7. The third-order valence-electron chi connectivity index (χ3n) is 3.68. The molecule has 0 spiro atoms. The van der Waals surface area contributed by atoms with Gasteiger partial charge in [0, 0.05) is 5.71 Å². The molecular weight excluding hydrogens is 202 g/mol. The number of rotatable bonds is 5. The molecule has 1 amide bonds. The van der Waals surface area contributed by atoms with Gasteiger partial charge in [-0.25, -0.2) is 5.01 Å². The minimum atomic E-state index is -0.00949. The summed E-state index contributed by atoms with van der Waals surface area (Å²) in [5, 5.41) is 6.14. The molecule has 0 aromatic rings. The van der Waals surface area contributed by atoms with Gasteiger partial charge in [0.2, 0.25) is 0 Å². The summed E-state index contributed by atoms with van der Waals surface area (Å²) < 4.78 is 0. The number of carbonyl (C=O) groups is 1. The average molecular weight is 223 g/mol. The highest BCUT2D eigenvalue weighted by atomic mass is 16.2. The molecule has 1 heterocycles. The summed E-state index contributed by atoms with van der Waals surface area (Å²) in [5.41, 5.74) is 6.45. The molecule has 1 aliphatic carbocycles. The molecular formula is C12H21N3O. The summed E-state index contributed by atoms with van der Waals surface area (Å²) in [5.74, 6) is 0.851. The molecule has 2 atom stereocenters. The van der Waals surface area contributed by atoms with E-state index in [1.54, 1.807) is 5.01 Å². The van der Waals surface area contributed by atoms with E-state index in [0.717, 1.165) is 18.6 Å². The third-order valence-corrected chi connectivity index (χ3v) is 3.68. The fourth-order valence-electron chi connectivity index (χ4n) is 2.35. The summed E-state index contributed by atoms with van der Waals surface area (Å²) in [6, 6.07) is 0.283. The van der Waals surface area contributed by atoms with Crippen molar-refractivity contribution in [2.24, 2.45) is 22.7 Å². The SMILES string of the molecule is CC1=NN(C(C)C2CC2)C(=O)C1CCCN. The van der Waals surface area contributed by atoms with Crippen LogP contribution in [-0.4, -0.2) is 29.2 Å². The second kappa shape index (κ2) is 4.53. The highest BCUT2D eigenvalue weighted by Crippen LogP contribution is 2.37. The first kappa shape index (κ1) is 11.6. The quantitative estimate of drug-likeness (QED) is 0.765. The van der Waals surface area contributed by atoms with Crippen molar-refractivity contribution in [3.8, 4) is 0 Å². The molecule has 0 radical (unpaired) electrons. The van der Waals surface area contributed by atoms with Gasteiger partial charge in [-0.2, -0.15) is 5.10 Å². The van der Waals surface area contributed by atoms with Crippen LogP contribution < -0.4 is 5.73 Å². The van der Waals surface area contributed by atoms with Crippen molar-refractivity contribution in [3.63, 3.8) is 0 Å². The van der Waals surface area contributed by atoms with Crippen LogP contribution in [0.5, 0.6) is 0 Å². The van der Waals surface area contributed by atoms with Gasteiger partial charge in [-0.05, 0) is 52.0 Å². The normalized spacial score (nSPS) is 27.2. The predicted molar refractivity (Wildman–Crippen MR) is 63.9 cm³/mol. The summed E-state index contributed by atoms with van der Waals surface area (Å²) in [4.78, 5) is 12.2. The number of nitrogens with zero attached hydrogens (tertiary/aromatic N) is 2. The maximum atomic E-state index is 12.2. The van der Waals surface area contributed by atoms with E-state index in [-0.39, 0.29) is 17.9 Å². The zero-order valence-corrected chi connectivity index (χ0v) is 10.1. The fourth-order valence-corrected chi connectivity index (χ4v) is 2.35. The highest BCUT2D eigenvalue weighted by molar-refractivity contribution is 6.06. The van der Waals surface area contributed by atoms with Gasteiger partial charge < -0.3 is 5.73 Å². The molecule has 0 aromatic heterocycles. The first-order valence-electron chi connectivity index (χ1n) is 6.23. The lowest BCUT2D eigenvalue weighted by Crippen LogP contribution is -2.35. The number of carbonyl (C=O) groups excluding carboxylic acids is 1. The van der Waals surface area contributed by atoms with Crippen molar-refractivity contribution < 1.29 is 4.79 Å². The summed E-state index contributed by atoms with van der Waals surface area (Å²) in [7, 11) is 0. The highest BCUT2D eigenvalue weighted by Gasteiger charge is 2.40. The topological polar surface area (TPSA) is 58.7 Å². The van der Waals surface area contributed by atoms with Crippen molar-refractivity contribution in [2.75, 3.05) is 6.54 Å². The van der Waals surface area contributed by atoms with Crippen molar-refractivity contribution in [2.45, 2.75) is 45.6 Å². The second-order valence-corrected chi connectivity index (χ2v) is 4.99. The van der Waals surface area contributed by atoms with Crippen molar-refractivity contribution in [1.29, 1.82) is 0 Å². The van der Waals surface area contributed by atoms with Crippen LogP contribution in [0.4, 0.5) is 0 Å². The van der Waals surface area contributed by atoms with Crippen molar-refractivity contribution >= 4 is 11.6 Å². The summed E-state index contributed by atoms with van der Waals surface area (Å²) in [6.45, 7) is 4.71. The number of nitrogens with two attached hydrogens (primary N) is 1. The van der Waals surface area contributed by atoms with Crippen LogP contribution in [0, 0.1) is 11.8 Å². The maximum Gasteiger partial charge on any atom is 0.251 e. The van der Waals surface area contributed by atoms with E-state index >= 15 is 0 Å². The van der Waals surface area contributed by atoms with Crippen LogP contribution in [0.1, 0.15) is 39.5 Å². The second-order valence-electron chi connectivity index (χ2n) is 4.99. The Morgan fingerprint density at radius 3 is 2.81 bits per heavy atom. The van der Waals surface area contributed by atoms with Crippen LogP contribution in [0.25, 0.3) is 0 Å². The number of amides is 1. The van der Waals surface area contributed by atoms with Gasteiger partial charge in [-0.3, -0.25) is 4.79 Å². The van der Waals surface area contributed by atoms with Gasteiger partial charge in [0.25, 0.3) is 5.91 Å². The maximum absolute atomic E-state index is 12.2. The largest absolute Gasteiger partial charge is 0.330 e. The molecule has 4 nitrogen and oxygen atoms in total. The molecule has 90 valence electrons. The Bertz CT molecular complexity index is 309. The lowest BCUT2D eigenvalue weighted by atomic mass is 9.98. The minimum absolute atomic E-state index is 0.00949. The van der Waals surface area contributed by atoms with E-state index in [4.69, 9.17) is 5.73 Å².